The number of nitrogens with one attached hydrogen (secondary N) is 1. The maximum Gasteiger partial charge on any atom is 0.262 e. The third kappa shape index (κ3) is 3.40. The minimum atomic E-state index is -4.06. The zero-order valence-electron chi connectivity index (χ0n) is 10.8. The van der Waals surface area contributed by atoms with Crippen LogP contribution in [-0.2, 0) is 10.0 Å². The molecule has 0 bridgehead atoms. The van der Waals surface area contributed by atoms with Gasteiger partial charge in [-0.3, -0.25) is 4.72 Å². The minimum Gasteiger partial charge on any atom is -0.399 e. The fourth-order valence-electron chi connectivity index (χ4n) is 1.68. The van der Waals surface area contributed by atoms with Gasteiger partial charge in [0.05, 0.1) is 20.6 Å². The number of nitrogen functional groups attached to an aromatic ring is 1. The van der Waals surface area contributed by atoms with E-state index in [-0.39, 0.29) is 26.3 Å². The van der Waals surface area contributed by atoms with Crippen LogP contribution in [-0.4, -0.2) is 8.42 Å². The van der Waals surface area contributed by atoms with E-state index < -0.39 is 15.8 Å². The van der Waals surface area contributed by atoms with Crippen LogP contribution in [0.3, 0.4) is 0 Å². The van der Waals surface area contributed by atoms with E-state index >= 15 is 0 Å². The first-order valence-electron chi connectivity index (χ1n) is 5.74. The average Bonchev–Trinajstić information content (AvgIpc) is 2.38. The molecule has 3 N–H and O–H groups in total. The maximum absolute atomic E-state index is 13.3. The molecule has 112 valence electrons. The first kappa shape index (κ1) is 15.9. The van der Waals surface area contributed by atoms with Gasteiger partial charge >= 0.3 is 0 Å². The Morgan fingerprint density at radius 1 is 1.19 bits per heavy atom. The largest absolute Gasteiger partial charge is 0.399 e. The standard InChI is InChI=1S/C13H11Cl2FN2O2S/c1-7-2-3-11(14)13(12(7)15)18-21(19,20)10-5-8(16)4-9(17)6-10/h2-6,18H,17H2,1H3. The lowest BCUT2D eigenvalue weighted by molar-refractivity contribution is 0.595. The van der Waals surface area contributed by atoms with Gasteiger partial charge in [-0.15, -0.1) is 0 Å². The second-order valence-electron chi connectivity index (χ2n) is 4.38. The third-order valence-electron chi connectivity index (χ3n) is 2.72. The fourth-order valence-corrected chi connectivity index (χ4v) is 3.42. The summed E-state index contributed by atoms with van der Waals surface area (Å²) in [5.74, 6) is -0.753. The van der Waals surface area contributed by atoms with Gasteiger partial charge in [-0.1, -0.05) is 29.3 Å². The van der Waals surface area contributed by atoms with Crippen LogP contribution in [0.5, 0.6) is 0 Å². The van der Waals surface area contributed by atoms with E-state index in [9.17, 15) is 12.8 Å². The molecule has 0 radical (unpaired) electrons. The van der Waals surface area contributed by atoms with E-state index in [1.54, 1.807) is 13.0 Å². The van der Waals surface area contributed by atoms with Crippen LogP contribution in [0.25, 0.3) is 0 Å². The highest BCUT2D eigenvalue weighted by atomic mass is 35.5. The molecule has 0 saturated carbocycles. The zero-order chi connectivity index (χ0) is 15.8. The van der Waals surface area contributed by atoms with Crippen LogP contribution in [0.1, 0.15) is 5.56 Å². The summed E-state index contributed by atoms with van der Waals surface area (Å²) in [6.07, 6.45) is 0. The second kappa shape index (κ2) is 5.71. The molecule has 0 fully saturated rings. The lowest BCUT2D eigenvalue weighted by atomic mass is 10.2. The predicted octanol–water partition coefficient (Wildman–Crippen LogP) is 3.82. The summed E-state index contributed by atoms with van der Waals surface area (Å²) >= 11 is 12.0. The van der Waals surface area contributed by atoms with Crippen molar-refractivity contribution in [2.24, 2.45) is 0 Å². The summed E-state index contributed by atoms with van der Waals surface area (Å²) in [6, 6.07) is 6.19. The van der Waals surface area contributed by atoms with Gasteiger partial charge < -0.3 is 5.73 Å². The SMILES string of the molecule is Cc1ccc(Cl)c(NS(=O)(=O)c2cc(N)cc(F)c2)c1Cl. The topological polar surface area (TPSA) is 72.2 Å². The molecule has 0 spiro atoms. The number of sulfonamides is 1. The maximum atomic E-state index is 13.3. The van der Waals surface area contributed by atoms with Crippen molar-refractivity contribution < 1.29 is 12.8 Å². The number of hydrogen-bond donors (Lipinski definition) is 2. The van der Waals surface area contributed by atoms with Crippen molar-refractivity contribution in [1.82, 2.24) is 0 Å². The molecule has 2 rings (SSSR count). The Morgan fingerprint density at radius 2 is 1.86 bits per heavy atom. The van der Waals surface area contributed by atoms with Gasteiger partial charge in [0.2, 0.25) is 0 Å². The molecule has 0 atom stereocenters. The van der Waals surface area contributed by atoms with Crippen LogP contribution in [0.4, 0.5) is 15.8 Å². The van der Waals surface area contributed by atoms with Crippen molar-refractivity contribution in [2.75, 3.05) is 10.5 Å². The van der Waals surface area contributed by atoms with Crippen molar-refractivity contribution in [2.45, 2.75) is 11.8 Å². The van der Waals surface area contributed by atoms with Gasteiger partial charge in [-0.2, -0.15) is 0 Å². The van der Waals surface area contributed by atoms with Gasteiger partial charge in [0.15, 0.2) is 0 Å². The number of hydrogen-bond acceptors (Lipinski definition) is 3. The van der Waals surface area contributed by atoms with E-state index in [1.807, 2.05) is 0 Å². The first-order valence-corrected chi connectivity index (χ1v) is 7.98. The Morgan fingerprint density at radius 3 is 2.48 bits per heavy atom. The molecular weight excluding hydrogens is 338 g/mol. The first-order chi connectivity index (χ1) is 9.70. The van der Waals surface area contributed by atoms with Crippen LogP contribution in [0.15, 0.2) is 35.2 Å². The van der Waals surface area contributed by atoms with Crippen molar-refractivity contribution >= 4 is 44.6 Å². The highest BCUT2D eigenvalue weighted by molar-refractivity contribution is 7.92. The van der Waals surface area contributed by atoms with Crippen LogP contribution in [0.2, 0.25) is 10.0 Å². The van der Waals surface area contributed by atoms with Crippen molar-refractivity contribution in [1.29, 1.82) is 0 Å². The van der Waals surface area contributed by atoms with E-state index in [4.69, 9.17) is 28.9 Å². The van der Waals surface area contributed by atoms with Gasteiger partial charge in [0.25, 0.3) is 10.0 Å². The average molecular weight is 349 g/mol. The van der Waals surface area contributed by atoms with Gasteiger partial charge in [0.1, 0.15) is 5.82 Å². The molecule has 0 heterocycles. The highest BCUT2D eigenvalue weighted by Crippen LogP contribution is 2.34. The predicted molar refractivity (Wildman–Crippen MR) is 82.8 cm³/mol. The van der Waals surface area contributed by atoms with E-state index in [1.165, 1.54) is 6.07 Å². The molecule has 2 aromatic carbocycles. The van der Waals surface area contributed by atoms with E-state index in [2.05, 4.69) is 4.72 Å². The molecule has 2 aromatic rings. The molecule has 0 unspecified atom stereocenters. The van der Waals surface area contributed by atoms with Gasteiger partial charge in [-0.05, 0) is 36.8 Å². The number of halogens is 3. The number of nitrogens with two attached hydrogens (primary N) is 1. The Kier molecular flexibility index (Phi) is 4.32. The molecule has 0 amide bonds. The summed E-state index contributed by atoms with van der Waals surface area (Å²) in [6.45, 7) is 1.70. The molecule has 0 aliphatic heterocycles. The third-order valence-corrected chi connectivity index (χ3v) is 4.86. The monoisotopic (exact) mass is 348 g/mol. The van der Waals surface area contributed by atoms with E-state index in [0.29, 0.717) is 5.56 Å². The molecule has 21 heavy (non-hydrogen) atoms. The lowest BCUT2D eigenvalue weighted by Gasteiger charge is -2.13. The Labute approximate surface area is 131 Å². The molecule has 4 nitrogen and oxygen atoms in total. The molecule has 0 aromatic heterocycles. The summed E-state index contributed by atoms with van der Waals surface area (Å²) < 4.78 is 40.1. The van der Waals surface area contributed by atoms with Crippen molar-refractivity contribution in [3.8, 4) is 0 Å². The fraction of sp³-hybridized carbons (Fsp3) is 0.0769. The van der Waals surface area contributed by atoms with Gasteiger partial charge in [-0.25, -0.2) is 12.8 Å². The molecule has 0 aliphatic carbocycles. The number of anilines is 2. The van der Waals surface area contributed by atoms with Gasteiger partial charge in [0, 0.05) is 5.69 Å². The van der Waals surface area contributed by atoms with Crippen molar-refractivity contribution in [3.05, 3.63) is 51.8 Å². The number of benzene rings is 2. The number of rotatable bonds is 3. The van der Waals surface area contributed by atoms with E-state index in [0.717, 1.165) is 18.2 Å². The Hall–Kier alpha value is -1.50. The summed E-state index contributed by atoms with van der Waals surface area (Å²) in [5, 5.41) is 0.314. The quantitative estimate of drug-likeness (QED) is 0.828. The van der Waals surface area contributed by atoms with Crippen LogP contribution >= 0.6 is 23.2 Å². The normalized spacial score (nSPS) is 11.4. The lowest BCUT2D eigenvalue weighted by Crippen LogP contribution is -2.14. The minimum absolute atomic E-state index is 0.00295. The number of aryl methyl sites for hydroxylation is 1. The smallest absolute Gasteiger partial charge is 0.262 e. The summed E-state index contributed by atoms with van der Waals surface area (Å²) in [5.41, 5.74) is 6.14. The second-order valence-corrected chi connectivity index (χ2v) is 6.85. The molecule has 0 aliphatic rings. The Balaban J connectivity index is 2.50. The highest BCUT2D eigenvalue weighted by Gasteiger charge is 2.19. The zero-order valence-corrected chi connectivity index (χ0v) is 13.2. The van der Waals surface area contributed by atoms with Crippen LogP contribution in [0, 0.1) is 12.7 Å². The molecule has 8 heteroatoms. The summed E-state index contributed by atoms with van der Waals surface area (Å²) in [4.78, 5) is -0.311. The Bertz CT molecular complexity index is 790. The molecular formula is C13H11Cl2FN2O2S. The molecule has 0 saturated heterocycles. The summed E-state index contributed by atoms with van der Waals surface area (Å²) in [7, 11) is -4.06. The van der Waals surface area contributed by atoms with Crippen LogP contribution < -0.4 is 10.5 Å². The van der Waals surface area contributed by atoms with Crippen molar-refractivity contribution in [3.63, 3.8) is 0 Å².